The number of aliphatic imine (C=N–C) groups is 1. The van der Waals surface area contributed by atoms with Crippen LogP contribution in [-0.4, -0.2) is 28.7 Å². The molecule has 0 bridgehead atoms. The molecule has 0 aromatic heterocycles. The fraction of sp³-hybridized carbons (Fsp3) is 0.778. The van der Waals surface area contributed by atoms with Crippen LogP contribution in [0.4, 0.5) is 0 Å². The molecule has 2 unspecified atom stereocenters. The molecular formula is C18H32N2O. The van der Waals surface area contributed by atoms with Crippen molar-refractivity contribution < 1.29 is 4.79 Å². The van der Waals surface area contributed by atoms with Crippen LogP contribution in [0.3, 0.4) is 0 Å². The van der Waals surface area contributed by atoms with E-state index in [-0.39, 0.29) is 17.6 Å². The topological polar surface area (TPSA) is 32.7 Å². The molecule has 3 heteroatoms. The van der Waals surface area contributed by atoms with Crippen LogP contribution in [0.1, 0.15) is 73.6 Å². The Hall–Kier alpha value is -1.12. The van der Waals surface area contributed by atoms with E-state index in [1.54, 1.807) is 0 Å². The van der Waals surface area contributed by atoms with Gasteiger partial charge >= 0.3 is 0 Å². The fourth-order valence-electron chi connectivity index (χ4n) is 3.05. The van der Waals surface area contributed by atoms with Crippen molar-refractivity contribution in [3.63, 3.8) is 0 Å². The SMILES string of the molecule is CC=CCC1(CCC)N=CC(=O)N1C(C)CCC(C)(C)C. The summed E-state index contributed by atoms with van der Waals surface area (Å²) in [5.41, 5.74) is -0.0513. The molecule has 2 atom stereocenters. The van der Waals surface area contributed by atoms with Gasteiger partial charge in [0.1, 0.15) is 5.66 Å². The van der Waals surface area contributed by atoms with Crippen LogP contribution in [-0.2, 0) is 4.79 Å². The van der Waals surface area contributed by atoms with Gasteiger partial charge in [-0.05, 0) is 38.5 Å². The van der Waals surface area contributed by atoms with Gasteiger partial charge in [0.05, 0.1) is 6.21 Å². The Morgan fingerprint density at radius 1 is 1.43 bits per heavy atom. The Morgan fingerprint density at radius 3 is 2.62 bits per heavy atom. The number of nitrogens with zero attached hydrogens (tertiary/aromatic N) is 2. The molecule has 1 rings (SSSR count). The number of carbonyl (C=O) groups excluding carboxylic acids is 1. The molecule has 120 valence electrons. The quantitative estimate of drug-likeness (QED) is 0.632. The first kappa shape index (κ1) is 17.9. The summed E-state index contributed by atoms with van der Waals surface area (Å²) in [6, 6.07) is 0.232. The Labute approximate surface area is 130 Å². The minimum absolute atomic E-state index is 0.0781. The zero-order valence-corrected chi connectivity index (χ0v) is 14.6. The Balaban J connectivity index is 2.90. The molecule has 0 aromatic rings. The summed E-state index contributed by atoms with van der Waals surface area (Å²) in [5, 5.41) is 0. The highest BCUT2D eigenvalue weighted by molar-refractivity contribution is 6.28. The van der Waals surface area contributed by atoms with E-state index in [4.69, 9.17) is 0 Å². The monoisotopic (exact) mass is 292 g/mol. The maximum atomic E-state index is 12.3. The van der Waals surface area contributed by atoms with Crippen LogP contribution in [0.25, 0.3) is 0 Å². The number of allylic oxidation sites excluding steroid dienone is 1. The fourth-order valence-corrected chi connectivity index (χ4v) is 3.05. The lowest BCUT2D eigenvalue weighted by molar-refractivity contribution is -0.130. The van der Waals surface area contributed by atoms with Crippen molar-refractivity contribution in [3.8, 4) is 0 Å². The number of carbonyl (C=O) groups is 1. The third kappa shape index (κ3) is 4.69. The standard InChI is InChI=1S/C18H32N2O/c1-7-9-12-18(11-8-2)19-14-16(21)20(18)15(3)10-13-17(4,5)6/h7,9,14-15H,8,10-13H2,1-6H3. The van der Waals surface area contributed by atoms with Gasteiger partial charge in [0.2, 0.25) is 0 Å². The van der Waals surface area contributed by atoms with E-state index >= 15 is 0 Å². The van der Waals surface area contributed by atoms with Crippen molar-refractivity contribution in [2.75, 3.05) is 0 Å². The van der Waals surface area contributed by atoms with Gasteiger partial charge in [-0.3, -0.25) is 9.79 Å². The predicted molar refractivity (Wildman–Crippen MR) is 90.6 cm³/mol. The highest BCUT2D eigenvalue weighted by Crippen LogP contribution is 2.35. The zero-order chi connectivity index (χ0) is 16.1. The van der Waals surface area contributed by atoms with Gasteiger partial charge in [0, 0.05) is 12.5 Å². The Morgan fingerprint density at radius 2 is 2.10 bits per heavy atom. The summed E-state index contributed by atoms with van der Waals surface area (Å²) in [4.78, 5) is 19.0. The first-order chi connectivity index (χ1) is 9.75. The molecule has 0 aromatic carbocycles. The molecule has 3 nitrogen and oxygen atoms in total. The van der Waals surface area contributed by atoms with Crippen molar-refractivity contribution >= 4 is 12.1 Å². The average Bonchev–Trinajstić information content (AvgIpc) is 2.71. The van der Waals surface area contributed by atoms with Crippen molar-refractivity contribution in [2.45, 2.75) is 85.4 Å². The van der Waals surface area contributed by atoms with Crippen molar-refractivity contribution in [2.24, 2.45) is 10.4 Å². The van der Waals surface area contributed by atoms with Gasteiger partial charge in [0.15, 0.2) is 0 Å². The lowest BCUT2D eigenvalue weighted by Gasteiger charge is -2.40. The molecule has 0 saturated carbocycles. The highest BCUT2D eigenvalue weighted by atomic mass is 16.2. The second-order valence-electron chi connectivity index (χ2n) is 7.42. The Bertz CT molecular complexity index is 406. The highest BCUT2D eigenvalue weighted by Gasteiger charge is 2.43. The Kier molecular flexibility index (Phi) is 6.18. The van der Waals surface area contributed by atoms with Crippen LogP contribution in [0.2, 0.25) is 0 Å². The number of amides is 1. The van der Waals surface area contributed by atoms with Crippen LogP contribution >= 0.6 is 0 Å². The minimum Gasteiger partial charge on any atom is -0.310 e. The summed E-state index contributed by atoms with van der Waals surface area (Å²) < 4.78 is 0. The van der Waals surface area contributed by atoms with Crippen LogP contribution < -0.4 is 0 Å². The van der Waals surface area contributed by atoms with Gasteiger partial charge in [-0.1, -0.05) is 46.3 Å². The first-order valence-corrected chi connectivity index (χ1v) is 8.25. The average molecular weight is 292 g/mol. The molecular weight excluding hydrogens is 260 g/mol. The smallest absolute Gasteiger partial charge is 0.266 e. The van der Waals surface area contributed by atoms with Gasteiger partial charge < -0.3 is 4.90 Å². The predicted octanol–water partition coefficient (Wildman–Crippen LogP) is 4.58. The van der Waals surface area contributed by atoms with Crippen molar-refractivity contribution in [1.29, 1.82) is 0 Å². The van der Waals surface area contributed by atoms with E-state index in [9.17, 15) is 4.79 Å². The molecule has 0 radical (unpaired) electrons. The lowest BCUT2D eigenvalue weighted by atomic mass is 9.87. The van der Waals surface area contributed by atoms with E-state index in [2.05, 4.69) is 45.7 Å². The first-order valence-electron chi connectivity index (χ1n) is 8.25. The summed E-state index contributed by atoms with van der Waals surface area (Å²) >= 11 is 0. The molecule has 0 fully saturated rings. The number of hydrogen-bond acceptors (Lipinski definition) is 2. The van der Waals surface area contributed by atoms with E-state index in [1.807, 2.05) is 17.9 Å². The van der Waals surface area contributed by atoms with Gasteiger partial charge in [-0.2, -0.15) is 0 Å². The lowest BCUT2D eigenvalue weighted by Crippen LogP contribution is -2.51. The second kappa shape index (κ2) is 7.24. The summed E-state index contributed by atoms with van der Waals surface area (Å²) in [7, 11) is 0. The maximum absolute atomic E-state index is 12.3. The summed E-state index contributed by atoms with van der Waals surface area (Å²) in [6.45, 7) is 13.1. The van der Waals surface area contributed by atoms with Crippen molar-refractivity contribution in [1.82, 2.24) is 4.90 Å². The van der Waals surface area contributed by atoms with E-state index in [0.29, 0.717) is 5.41 Å². The van der Waals surface area contributed by atoms with Crippen LogP contribution in [0.15, 0.2) is 17.1 Å². The third-order valence-electron chi connectivity index (χ3n) is 4.18. The summed E-state index contributed by atoms with van der Waals surface area (Å²) in [5.74, 6) is 0.0781. The normalized spacial score (nSPS) is 24.3. The molecule has 1 aliphatic rings. The van der Waals surface area contributed by atoms with E-state index < -0.39 is 0 Å². The largest absolute Gasteiger partial charge is 0.310 e. The van der Waals surface area contributed by atoms with Crippen LogP contribution in [0.5, 0.6) is 0 Å². The number of rotatable bonds is 7. The van der Waals surface area contributed by atoms with Gasteiger partial charge in [0.25, 0.3) is 5.91 Å². The minimum atomic E-state index is -0.352. The van der Waals surface area contributed by atoms with Crippen molar-refractivity contribution in [3.05, 3.63) is 12.2 Å². The summed E-state index contributed by atoms with van der Waals surface area (Å²) in [6.07, 6.45) is 10.6. The van der Waals surface area contributed by atoms with Crippen LogP contribution in [0, 0.1) is 5.41 Å². The van der Waals surface area contributed by atoms with Gasteiger partial charge in [-0.15, -0.1) is 0 Å². The molecule has 1 heterocycles. The van der Waals surface area contributed by atoms with Gasteiger partial charge in [-0.25, -0.2) is 0 Å². The second-order valence-corrected chi connectivity index (χ2v) is 7.42. The molecule has 21 heavy (non-hydrogen) atoms. The van der Waals surface area contributed by atoms with E-state index in [1.165, 1.54) is 6.21 Å². The third-order valence-corrected chi connectivity index (χ3v) is 4.18. The van der Waals surface area contributed by atoms with E-state index in [0.717, 1.165) is 32.1 Å². The number of hydrogen-bond donors (Lipinski definition) is 0. The molecule has 0 N–H and O–H groups in total. The molecule has 1 aliphatic heterocycles. The maximum Gasteiger partial charge on any atom is 0.266 e. The molecule has 0 spiro atoms. The zero-order valence-electron chi connectivity index (χ0n) is 14.6. The molecule has 0 saturated heterocycles. The molecule has 0 aliphatic carbocycles. The molecule has 1 amide bonds.